The van der Waals surface area contributed by atoms with Gasteiger partial charge in [-0.3, -0.25) is 0 Å². The maximum Gasteiger partial charge on any atom is 0.257 e. The van der Waals surface area contributed by atoms with Gasteiger partial charge in [-0.2, -0.15) is 4.98 Å². The van der Waals surface area contributed by atoms with Crippen molar-refractivity contribution in [2.24, 2.45) is 5.92 Å². The number of aromatic nitrogens is 2. The fraction of sp³-hybridized carbons (Fsp3) is 0.800. The van der Waals surface area contributed by atoms with E-state index in [1.54, 1.807) is 0 Å². The van der Waals surface area contributed by atoms with Crippen LogP contribution in [0, 0.1) is 5.92 Å². The fourth-order valence-electron chi connectivity index (χ4n) is 1.79. The van der Waals surface area contributed by atoms with Gasteiger partial charge >= 0.3 is 0 Å². The SMILES string of the molecule is C1CO[C@H](c2nc(CC3CC3)no2)CN1. The van der Waals surface area contributed by atoms with E-state index in [2.05, 4.69) is 15.5 Å². The smallest absolute Gasteiger partial charge is 0.257 e. The highest BCUT2D eigenvalue weighted by molar-refractivity contribution is 4.95. The fourth-order valence-corrected chi connectivity index (χ4v) is 1.79. The van der Waals surface area contributed by atoms with Crippen molar-refractivity contribution >= 4 is 0 Å². The van der Waals surface area contributed by atoms with Crippen molar-refractivity contribution in [3.05, 3.63) is 11.7 Å². The molecule has 0 amide bonds. The van der Waals surface area contributed by atoms with Crippen LogP contribution in [-0.2, 0) is 11.2 Å². The van der Waals surface area contributed by atoms with E-state index in [1.165, 1.54) is 12.8 Å². The molecule has 1 saturated carbocycles. The summed E-state index contributed by atoms with van der Waals surface area (Å²) < 4.78 is 10.7. The van der Waals surface area contributed by atoms with Crippen LogP contribution < -0.4 is 5.32 Å². The van der Waals surface area contributed by atoms with Crippen LogP contribution in [0.15, 0.2) is 4.52 Å². The molecule has 2 aliphatic rings. The maximum atomic E-state index is 5.54. The van der Waals surface area contributed by atoms with Crippen LogP contribution >= 0.6 is 0 Å². The number of rotatable bonds is 3. The van der Waals surface area contributed by atoms with Crippen molar-refractivity contribution in [2.75, 3.05) is 19.7 Å². The minimum absolute atomic E-state index is 0.0563. The minimum atomic E-state index is -0.0563. The lowest BCUT2D eigenvalue weighted by molar-refractivity contribution is 0.00755. The normalized spacial score (nSPS) is 26.8. The zero-order valence-corrected chi connectivity index (χ0v) is 8.61. The predicted molar refractivity (Wildman–Crippen MR) is 52.3 cm³/mol. The van der Waals surface area contributed by atoms with E-state index in [-0.39, 0.29) is 6.10 Å². The third-order valence-corrected chi connectivity index (χ3v) is 2.86. The Morgan fingerprint density at radius 3 is 3.07 bits per heavy atom. The second-order valence-corrected chi connectivity index (χ2v) is 4.26. The molecule has 1 aliphatic heterocycles. The number of hydrogen-bond acceptors (Lipinski definition) is 5. The van der Waals surface area contributed by atoms with Gasteiger partial charge in [-0.05, 0) is 18.8 Å². The molecule has 1 N–H and O–H groups in total. The Bertz CT molecular complexity index is 329. The van der Waals surface area contributed by atoms with E-state index in [0.717, 1.165) is 31.3 Å². The number of morpholine rings is 1. The first-order valence-corrected chi connectivity index (χ1v) is 5.56. The van der Waals surface area contributed by atoms with Gasteiger partial charge in [-0.15, -0.1) is 0 Å². The van der Waals surface area contributed by atoms with Crippen LogP contribution in [0.3, 0.4) is 0 Å². The monoisotopic (exact) mass is 209 g/mol. The van der Waals surface area contributed by atoms with E-state index in [9.17, 15) is 0 Å². The summed E-state index contributed by atoms with van der Waals surface area (Å²) in [6, 6.07) is 0. The average Bonchev–Trinajstić information content (AvgIpc) is 2.96. The molecule has 0 unspecified atom stereocenters. The van der Waals surface area contributed by atoms with Crippen LogP contribution in [0.4, 0.5) is 0 Å². The molecule has 0 radical (unpaired) electrons. The lowest BCUT2D eigenvalue weighted by Crippen LogP contribution is -2.33. The summed E-state index contributed by atoms with van der Waals surface area (Å²) in [5, 5.41) is 7.22. The lowest BCUT2D eigenvalue weighted by atomic mass is 10.3. The van der Waals surface area contributed by atoms with Gasteiger partial charge in [-0.25, -0.2) is 0 Å². The molecule has 2 fully saturated rings. The van der Waals surface area contributed by atoms with E-state index in [4.69, 9.17) is 9.26 Å². The summed E-state index contributed by atoms with van der Waals surface area (Å²) in [5.74, 6) is 2.25. The topological polar surface area (TPSA) is 60.2 Å². The molecular weight excluding hydrogens is 194 g/mol. The average molecular weight is 209 g/mol. The third kappa shape index (κ3) is 2.18. The van der Waals surface area contributed by atoms with Gasteiger partial charge in [0, 0.05) is 19.5 Å². The number of nitrogens with zero attached hydrogens (tertiary/aromatic N) is 2. The Hall–Kier alpha value is -0.940. The molecule has 0 bridgehead atoms. The molecular formula is C10H15N3O2. The molecule has 0 spiro atoms. The van der Waals surface area contributed by atoms with E-state index in [1.807, 2.05) is 0 Å². The quantitative estimate of drug-likeness (QED) is 0.793. The van der Waals surface area contributed by atoms with Crippen molar-refractivity contribution in [3.63, 3.8) is 0 Å². The van der Waals surface area contributed by atoms with Gasteiger partial charge in [0.05, 0.1) is 6.61 Å². The number of ether oxygens (including phenoxy) is 1. The molecule has 0 aromatic carbocycles. The van der Waals surface area contributed by atoms with Gasteiger partial charge in [-0.1, -0.05) is 5.16 Å². The van der Waals surface area contributed by atoms with Gasteiger partial charge in [0.25, 0.3) is 5.89 Å². The molecule has 5 nitrogen and oxygen atoms in total. The molecule has 82 valence electrons. The Morgan fingerprint density at radius 2 is 2.33 bits per heavy atom. The zero-order chi connectivity index (χ0) is 10.1. The van der Waals surface area contributed by atoms with Crippen molar-refractivity contribution in [2.45, 2.75) is 25.4 Å². The molecule has 3 rings (SSSR count). The lowest BCUT2D eigenvalue weighted by Gasteiger charge is -2.19. The predicted octanol–water partition coefficient (Wildman–Crippen LogP) is 0.683. The summed E-state index contributed by atoms with van der Waals surface area (Å²) in [4.78, 5) is 4.37. The highest BCUT2D eigenvalue weighted by atomic mass is 16.5. The van der Waals surface area contributed by atoms with Crippen LogP contribution in [0.25, 0.3) is 0 Å². The first-order valence-electron chi connectivity index (χ1n) is 5.56. The third-order valence-electron chi connectivity index (χ3n) is 2.86. The maximum absolute atomic E-state index is 5.54. The highest BCUT2D eigenvalue weighted by Gasteiger charge is 2.26. The van der Waals surface area contributed by atoms with Gasteiger partial charge < -0.3 is 14.6 Å². The summed E-state index contributed by atoms with van der Waals surface area (Å²) >= 11 is 0. The first-order chi connectivity index (χ1) is 7.42. The summed E-state index contributed by atoms with van der Waals surface area (Å²) in [6.07, 6.45) is 3.53. The molecule has 1 saturated heterocycles. The molecule has 15 heavy (non-hydrogen) atoms. The number of hydrogen-bond donors (Lipinski definition) is 1. The Kier molecular flexibility index (Phi) is 2.42. The second-order valence-electron chi connectivity index (χ2n) is 4.26. The Labute approximate surface area is 88.2 Å². The highest BCUT2D eigenvalue weighted by Crippen LogP contribution is 2.32. The zero-order valence-electron chi connectivity index (χ0n) is 8.61. The second kappa shape index (κ2) is 3.90. The largest absolute Gasteiger partial charge is 0.366 e. The minimum Gasteiger partial charge on any atom is -0.366 e. The molecule has 2 heterocycles. The first kappa shape index (κ1) is 9.30. The summed E-state index contributed by atoms with van der Waals surface area (Å²) in [6.45, 7) is 2.38. The Balaban J connectivity index is 1.65. The van der Waals surface area contributed by atoms with Gasteiger partial charge in [0.1, 0.15) is 6.10 Å². The van der Waals surface area contributed by atoms with Crippen LogP contribution in [0.5, 0.6) is 0 Å². The molecule has 1 aliphatic carbocycles. The van der Waals surface area contributed by atoms with Crippen LogP contribution in [0.1, 0.15) is 30.7 Å². The van der Waals surface area contributed by atoms with Crippen LogP contribution in [-0.4, -0.2) is 29.8 Å². The summed E-state index contributed by atoms with van der Waals surface area (Å²) in [5.41, 5.74) is 0. The van der Waals surface area contributed by atoms with E-state index < -0.39 is 0 Å². The van der Waals surface area contributed by atoms with E-state index in [0.29, 0.717) is 12.5 Å². The number of nitrogens with one attached hydrogen (secondary N) is 1. The standard InChI is InChI=1S/C10H15N3O2/c1-2-7(1)5-9-12-10(15-13-9)8-6-11-3-4-14-8/h7-8,11H,1-6H2/t8-/m0/s1. The van der Waals surface area contributed by atoms with Gasteiger partial charge in [0.2, 0.25) is 0 Å². The van der Waals surface area contributed by atoms with E-state index >= 15 is 0 Å². The molecule has 1 aromatic heterocycles. The van der Waals surface area contributed by atoms with Gasteiger partial charge in [0.15, 0.2) is 5.82 Å². The summed E-state index contributed by atoms with van der Waals surface area (Å²) in [7, 11) is 0. The Morgan fingerprint density at radius 1 is 1.40 bits per heavy atom. The molecule has 1 atom stereocenters. The van der Waals surface area contributed by atoms with Crippen molar-refractivity contribution in [1.29, 1.82) is 0 Å². The van der Waals surface area contributed by atoms with Crippen LogP contribution in [0.2, 0.25) is 0 Å². The van der Waals surface area contributed by atoms with Crippen molar-refractivity contribution in [1.82, 2.24) is 15.5 Å². The van der Waals surface area contributed by atoms with Crippen molar-refractivity contribution < 1.29 is 9.26 Å². The van der Waals surface area contributed by atoms with Crippen molar-refractivity contribution in [3.8, 4) is 0 Å². The molecule has 5 heteroatoms. The molecule has 1 aromatic rings.